The minimum atomic E-state index is -0.0950. The van der Waals surface area contributed by atoms with Gasteiger partial charge in [0.2, 0.25) is 0 Å². The quantitative estimate of drug-likeness (QED) is 0.798. The molecule has 4 nitrogen and oxygen atoms in total. The number of hydrogen-bond donors (Lipinski definition) is 1. The smallest absolute Gasteiger partial charge is 0.251 e. The molecule has 0 spiro atoms. The number of furan rings is 1. The van der Waals surface area contributed by atoms with Crippen molar-refractivity contribution in [2.24, 2.45) is 0 Å². The summed E-state index contributed by atoms with van der Waals surface area (Å²) in [7, 11) is 0. The highest BCUT2D eigenvalue weighted by Gasteiger charge is 2.21. The molecule has 1 amide bonds. The predicted octanol–water partition coefficient (Wildman–Crippen LogP) is 3.79. The van der Waals surface area contributed by atoms with Crippen LogP contribution in [0.2, 0.25) is 0 Å². The lowest BCUT2D eigenvalue weighted by Gasteiger charge is -2.26. The van der Waals surface area contributed by atoms with Crippen molar-refractivity contribution in [2.75, 3.05) is 13.2 Å². The normalized spacial score (nSPS) is 16.8. The van der Waals surface area contributed by atoms with Crippen LogP contribution < -0.4 is 5.32 Å². The molecule has 0 unspecified atom stereocenters. The van der Waals surface area contributed by atoms with Crippen LogP contribution >= 0.6 is 0 Å². The monoisotopic (exact) mass is 321 g/mol. The van der Waals surface area contributed by atoms with E-state index in [-0.39, 0.29) is 12.0 Å². The Labute approximate surface area is 140 Å². The maximum absolute atomic E-state index is 12.5. The summed E-state index contributed by atoms with van der Waals surface area (Å²) in [6, 6.07) is 15.7. The first-order valence-corrected chi connectivity index (χ1v) is 8.18. The highest BCUT2D eigenvalue weighted by atomic mass is 16.5. The third-order valence-corrected chi connectivity index (χ3v) is 4.44. The number of benzene rings is 2. The molecule has 122 valence electrons. The lowest BCUT2D eigenvalue weighted by Crippen LogP contribution is -2.31. The van der Waals surface area contributed by atoms with Gasteiger partial charge in [-0.3, -0.25) is 4.79 Å². The Balaban J connectivity index is 1.48. The second-order valence-electron chi connectivity index (χ2n) is 6.13. The Morgan fingerprint density at radius 2 is 2.08 bits per heavy atom. The average Bonchev–Trinajstić information content (AvgIpc) is 2.98. The minimum absolute atomic E-state index is 0.0844. The number of hydrogen-bond acceptors (Lipinski definition) is 3. The second-order valence-corrected chi connectivity index (χ2v) is 6.13. The molecule has 24 heavy (non-hydrogen) atoms. The van der Waals surface area contributed by atoms with Crippen LogP contribution in [0, 0.1) is 6.92 Å². The van der Waals surface area contributed by atoms with E-state index in [9.17, 15) is 4.79 Å². The average molecular weight is 321 g/mol. The van der Waals surface area contributed by atoms with Crippen molar-refractivity contribution in [3.63, 3.8) is 0 Å². The van der Waals surface area contributed by atoms with E-state index in [1.165, 1.54) is 11.1 Å². The van der Waals surface area contributed by atoms with Gasteiger partial charge in [-0.1, -0.05) is 24.3 Å². The van der Waals surface area contributed by atoms with Gasteiger partial charge in [-0.25, -0.2) is 0 Å². The molecule has 3 aromatic rings. The molecule has 1 N–H and O–H groups in total. The molecule has 0 saturated carbocycles. The second kappa shape index (κ2) is 6.13. The summed E-state index contributed by atoms with van der Waals surface area (Å²) in [5.74, 6) is 0.747. The maximum Gasteiger partial charge on any atom is 0.251 e. The first-order valence-electron chi connectivity index (χ1n) is 8.18. The van der Waals surface area contributed by atoms with E-state index in [0.29, 0.717) is 18.7 Å². The number of carbonyl (C=O) groups is 1. The number of amides is 1. The Morgan fingerprint density at radius 3 is 3.00 bits per heavy atom. The molecule has 0 aliphatic carbocycles. The highest BCUT2D eigenvalue weighted by molar-refractivity contribution is 5.97. The van der Waals surface area contributed by atoms with Crippen molar-refractivity contribution >= 4 is 16.9 Å². The molecule has 0 saturated heterocycles. The van der Waals surface area contributed by atoms with Gasteiger partial charge in [-0.15, -0.1) is 0 Å². The fourth-order valence-corrected chi connectivity index (χ4v) is 3.25. The third-order valence-electron chi connectivity index (χ3n) is 4.44. The van der Waals surface area contributed by atoms with Crippen molar-refractivity contribution in [1.82, 2.24) is 5.32 Å². The van der Waals surface area contributed by atoms with Crippen molar-refractivity contribution < 1.29 is 13.9 Å². The molecule has 1 aromatic heterocycles. The van der Waals surface area contributed by atoms with Crippen LogP contribution in [0.1, 0.15) is 33.3 Å². The van der Waals surface area contributed by atoms with Crippen LogP contribution in [-0.4, -0.2) is 19.1 Å². The lowest BCUT2D eigenvalue weighted by atomic mass is 9.97. The minimum Gasteiger partial charge on any atom is -0.461 e. The molecular weight excluding hydrogens is 302 g/mol. The first kappa shape index (κ1) is 15.0. The van der Waals surface area contributed by atoms with Crippen molar-refractivity contribution in [3.8, 4) is 0 Å². The summed E-state index contributed by atoms with van der Waals surface area (Å²) in [5, 5.41) is 3.93. The van der Waals surface area contributed by atoms with Gasteiger partial charge in [0.15, 0.2) is 0 Å². The highest BCUT2D eigenvalue weighted by Crippen LogP contribution is 2.26. The Bertz CT molecular complexity index is 897. The fraction of sp³-hybridized carbons (Fsp3) is 0.250. The topological polar surface area (TPSA) is 51.5 Å². The van der Waals surface area contributed by atoms with Gasteiger partial charge in [0, 0.05) is 17.5 Å². The van der Waals surface area contributed by atoms with Gasteiger partial charge < -0.3 is 14.5 Å². The number of nitrogens with one attached hydrogen (secondary N) is 1. The third kappa shape index (κ3) is 2.81. The molecule has 1 atom stereocenters. The molecule has 1 aliphatic heterocycles. The van der Waals surface area contributed by atoms with E-state index in [4.69, 9.17) is 9.15 Å². The Kier molecular flexibility index (Phi) is 3.82. The molecule has 4 rings (SSSR count). The number of ether oxygens (including phenoxy) is 1. The van der Waals surface area contributed by atoms with Crippen molar-refractivity contribution in [2.45, 2.75) is 19.4 Å². The first-order chi connectivity index (χ1) is 11.7. The molecule has 0 fully saturated rings. The summed E-state index contributed by atoms with van der Waals surface area (Å²) in [6.07, 6.45) is 0.843. The van der Waals surface area contributed by atoms with Gasteiger partial charge in [-0.2, -0.15) is 0 Å². The molecule has 2 aromatic carbocycles. The van der Waals surface area contributed by atoms with E-state index in [0.717, 1.165) is 23.2 Å². The Hall–Kier alpha value is -2.59. The number of carbonyl (C=O) groups excluding carboxylic acids is 1. The van der Waals surface area contributed by atoms with Gasteiger partial charge in [0.1, 0.15) is 17.4 Å². The summed E-state index contributed by atoms with van der Waals surface area (Å²) >= 11 is 0. The van der Waals surface area contributed by atoms with Gasteiger partial charge in [0.25, 0.3) is 5.91 Å². The summed E-state index contributed by atoms with van der Waals surface area (Å²) in [6.45, 7) is 3.06. The van der Waals surface area contributed by atoms with E-state index >= 15 is 0 Å². The lowest BCUT2D eigenvalue weighted by molar-refractivity contribution is 0.0411. The standard InChI is InChI=1S/C20H19NO3/c1-13-10-16-11-15(6-7-18(16)24-13)20(22)21-12-19-17-5-3-2-4-14(17)8-9-23-19/h2-7,10-11,19H,8-9,12H2,1H3,(H,21,22)/t19-/m0/s1. The summed E-state index contributed by atoms with van der Waals surface area (Å²) in [5.41, 5.74) is 3.91. The largest absolute Gasteiger partial charge is 0.461 e. The Morgan fingerprint density at radius 1 is 1.21 bits per heavy atom. The van der Waals surface area contributed by atoms with Gasteiger partial charge in [-0.05, 0) is 48.7 Å². The molecule has 1 aliphatic rings. The molecular formula is C20H19NO3. The van der Waals surface area contributed by atoms with Crippen molar-refractivity contribution in [1.29, 1.82) is 0 Å². The van der Waals surface area contributed by atoms with Crippen LogP contribution in [0.15, 0.2) is 52.9 Å². The van der Waals surface area contributed by atoms with E-state index < -0.39 is 0 Å². The zero-order chi connectivity index (χ0) is 16.5. The van der Waals surface area contributed by atoms with Crippen LogP contribution in [0.4, 0.5) is 0 Å². The van der Waals surface area contributed by atoms with Crippen LogP contribution in [0.3, 0.4) is 0 Å². The fourth-order valence-electron chi connectivity index (χ4n) is 3.25. The molecule has 2 heterocycles. The SMILES string of the molecule is Cc1cc2cc(C(=O)NC[C@@H]3OCCc4ccccc43)ccc2o1. The van der Waals surface area contributed by atoms with E-state index in [2.05, 4.69) is 17.4 Å². The zero-order valence-electron chi connectivity index (χ0n) is 13.5. The summed E-state index contributed by atoms with van der Waals surface area (Å²) in [4.78, 5) is 12.5. The van der Waals surface area contributed by atoms with Crippen LogP contribution in [-0.2, 0) is 11.2 Å². The van der Waals surface area contributed by atoms with Crippen LogP contribution in [0.5, 0.6) is 0 Å². The van der Waals surface area contributed by atoms with Crippen molar-refractivity contribution in [3.05, 3.63) is 71.0 Å². The molecule has 0 bridgehead atoms. The van der Waals surface area contributed by atoms with Gasteiger partial charge >= 0.3 is 0 Å². The number of rotatable bonds is 3. The zero-order valence-corrected chi connectivity index (χ0v) is 13.5. The van der Waals surface area contributed by atoms with E-state index in [1.54, 1.807) is 6.07 Å². The molecule has 0 radical (unpaired) electrons. The molecule has 4 heteroatoms. The number of fused-ring (bicyclic) bond motifs is 2. The van der Waals surface area contributed by atoms with Crippen LogP contribution in [0.25, 0.3) is 11.0 Å². The maximum atomic E-state index is 12.5. The summed E-state index contributed by atoms with van der Waals surface area (Å²) < 4.78 is 11.4. The van der Waals surface area contributed by atoms with E-state index in [1.807, 2.05) is 37.3 Å². The van der Waals surface area contributed by atoms with Gasteiger partial charge in [0.05, 0.1) is 6.61 Å². The predicted molar refractivity (Wildman–Crippen MR) is 92.1 cm³/mol. The number of aryl methyl sites for hydroxylation is 1.